The van der Waals surface area contributed by atoms with Gasteiger partial charge in [0.25, 0.3) is 0 Å². The predicted molar refractivity (Wildman–Crippen MR) is 71.2 cm³/mol. The van der Waals surface area contributed by atoms with Gasteiger partial charge in [-0.1, -0.05) is 11.6 Å². The predicted octanol–water partition coefficient (Wildman–Crippen LogP) is 4.27. The van der Waals surface area contributed by atoms with Crippen molar-refractivity contribution in [3.05, 3.63) is 34.4 Å². The molecule has 1 N–H and O–H groups in total. The molecule has 9 heteroatoms. The Balaban J connectivity index is 3.32. The molecule has 2 nitrogen and oxygen atoms in total. The fourth-order valence-electron chi connectivity index (χ4n) is 1.38. The van der Waals surface area contributed by atoms with Crippen molar-refractivity contribution in [3.63, 3.8) is 0 Å². The van der Waals surface area contributed by atoms with E-state index in [1.807, 2.05) is 0 Å². The van der Waals surface area contributed by atoms with Gasteiger partial charge in [-0.15, -0.1) is 4.72 Å². The van der Waals surface area contributed by atoms with Crippen LogP contribution in [0.25, 0.3) is 0 Å². The van der Waals surface area contributed by atoms with Crippen molar-refractivity contribution < 1.29 is 26.5 Å². The molecule has 1 unspecified atom stereocenters. The summed E-state index contributed by atoms with van der Waals surface area (Å²) in [6.07, 6.45) is -5.05. The molecular formula is C12H13ClF5NOS. The van der Waals surface area contributed by atoms with Gasteiger partial charge in [0, 0.05) is 11.4 Å². The second kappa shape index (κ2) is 6.28. The van der Waals surface area contributed by atoms with Crippen molar-refractivity contribution in [1.82, 2.24) is 4.72 Å². The van der Waals surface area contributed by atoms with Gasteiger partial charge in [-0.3, -0.25) is 0 Å². The molecule has 0 radical (unpaired) electrons. The molecule has 1 rings (SSSR count). The fourth-order valence-corrected chi connectivity index (χ4v) is 2.36. The molecule has 0 amide bonds. The zero-order valence-corrected chi connectivity index (χ0v) is 12.9. The molecule has 120 valence electrons. The lowest BCUT2D eigenvalue weighted by Gasteiger charge is -2.29. The van der Waals surface area contributed by atoms with Crippen LogP contribution in [0.15, 0.2) is 12.1 Å². The maximum absolute atomic E-state index is 13.8. The summed E-state index contributed by atoms with van der Waals surface area (Å²) in [6.45, 7) is 4.27. The van der Waals surface area contributed by atoms with Gasteiger partial charge in [0.1, 0.15) is 16.4 Å². The molecule has 0 aliphatic heterocycles. The van der Waals surface area contributed by atoms with Gasteiger partial charge in [-0.05, 0) is 32.9 Å². The molecular weight excluding hydrogens is 337 g/mol. The summed E-state index contributed by atoms with van der Waals surface area (Å²) in [6, 6.07) is -1.33. The maximum atomic E-state index is 13.8. The minimum Gasteiger partial charge on any atom is -0.598 e. The summed E-state index contributed by atoms with van der Waals surface area (Å²) in [4.78, 5) is 0. The molecule has 0 aromatic heterocycles. The van der Waals surface area contributed by atoms with Crippen LogP contribution < -0.4 is 4.72 Å². The van der Waals surface area contributed by atoms with E-state index >= 15 is 0 Å². The van der Waals surface area contributed by atoms with Crippen LogP contribution in [0.1, 0.15) is 32.4 Å². The van der Waals surface area contributed by atoms with E-state index in [0.717, 1.165) is 6.07 Å². The zero-order chi connectivity index (χ0) is 16.6. The lowest BCUT2D eigenvalue weighted by molar-refractivity contribution is -0.154. The Labute approximate surface area is 127 Å². The van der Waals surface area contributed by atoms with Crippen LogP contribution in [0.3, 0.4) is 0 Å². The van der Waals surface area contributed by atoms with Gasteiger partial charge in [-0.25, -0.2) is 8.78 Å². The van der Waals surface area contributed by atoms with E-state index in [1.54, 1.807) is 4.72 Å². The number of hydrogen-bond donors (Lipinski definition) is 1. The van der Waals surface area contributed by atoms with E-state index in [1.165, 1.54) is 20.8 Å². The lowest BCUT2D eigenvalue weighted by Crippen LogP contribution is -2.46. The van der Waals surface area contributed by atoms with Crippen LogP contribution in [0, 0.1) is 11.6 Å². The van der Waals surface area contributed by atoms with Crippen LogP contribution >= 0.6 is 11.6 Å². The SMILES string of the molecule is CC(C)(C)[S+]([O-])N[C@H](c1c(F)ccc(Cl)c1F)C(F)(F)F. The van der Waals surface area contributed by atoms with E-state index in [2.05, 4.69) is 0 Å². The largest absolute Gasteiger partial charge is 0.598 e. The Morgan fingerprint density at radius 3 is 2.14 bits per heavy atom. The summed E-state index contributed by atoms with van der Waals surface area (Å²) < 4.78 is 79.1. The molecule has 0 heterocycles. The van der Waals surface area contributed by atoms with E-state index in [9.17, 15) is 26.5 Å². The fraction of sp³-hybridized carbons (Fsp3) is 0.500. The first kappa shape index (κ1) is 18.5. The van der Waals surface area contributed by atoms with Crippen LogP contribution in [-0.2, 0) is 11.4 Å². The highest BCUT2D eigenvalue weighted by Crippen LogP contribution is 2.38. The van der Waals surface area contributed by atoms with Crippen molar-refractivity contribution in [3.8, 4) is 0 Å². The summed E-state index contributed by atoms with van der Waals surface area (Å²) in [5, 5.41) is -0.649. The monoisotopic (exact) mass is 349 g/mol. The molecule has 21 heavy (non-hydrogen) atoms. The van der Waals surface area contributed by atoms with Gasteiger partial charge in [0.2, 0.25) is 0 Å². The minimum atomic E-state index is -5.05. The van der Waals surface area contributed by atoms with Crippen LogP contribution in [-0.4, -0.2) is 15.5 Å². The summed E-state index contributed by atoms with van der Waals surface area (Å²) in [5.41, 5.74) is -1.30. The zero-order valence-electron chi connectivity index (χ0n) is 11.3. The van der Waals surface area contributed by atoms with Crippen molar-refractivity contribution in [2.45, 2.75) is 37.7 Å². The average molecular weight is 350 g/mol. The molecule has 0 fully saturated rings. The Hall–Kier alpha value is -0.570. The lowest BCUT2D eigenvalue weighted by atomic mass is 10.1. The molecule has 2 atom stereocenters. The van der Waals surface area contributed by atoms with Crippen molar-refractivity contribution >= 4 is 23.0 Å². The Bertz CT molecular complexity index is 518. The summed E-state index contributed by atoms with van der Waals surface area (Å²) in [5.74, 6) is -2.95. The highest BCUT2D eigenvalue weighted by molar-refractivity contribution is 7.90. The standard InChI is InChI=1S/C12H13ClF5NOS/c1-11(2,3)21(20)19-10(12(16,17)18)8-7(14)5-4-6(13)9(8)15/h4-5,10,19H,1-3H3/t10-,21?/m1/s1. The molecule has 0 bridgehead atoms. The number of hydrogen-bond acceptors (Lipinski definition) is 2. The van der Waals surface area contributed by atoms with E-state index in [0.29, 0.717) is 6.07 Å². The molecule has 0 saturated carbocycles. The number of rotatable bonds is 3. The topological polar surface area (TPSA) is 35.1 Å². The molecule has 0 spiro atoms. The number of nitrogens with one attached hydrogen (secondary N) is 1. The van der Waals surface area contributed by atoms with Gasteiger partial charge in [-0.2, -0.15) is 13.2 Å². The smallest absolute Gasteiger partial charge is 0.412 e. The second-order valence-electron chi connectivity index (χ2n) is 5.23. The Morgan fingerprint density at radius 1 is 1.19 bits per heavy atom. The molecule has 1 aromatic carbocycles. The highest BCUT2D eigenvalue weighted by Gasteiger charge is 2.48. The third kappa shape index (κ3) is 4.45. The number of benzene rings is 1. The molecule has 0 saturated heterocycles. The second-order valence-corrected chi connectivity index (χ2v) is 7.64. The van der Waals surface area contributed by atoms with Crippen LogP contribution in [0.4, 0.5) is 22.0 Å². The van der Waals surface area contributed by atoms with Gasteiger partial charge in [0.05, 0.1) is 10.6 Å². The van der Waals surface area contributed by atoms with E-state index in [4.69, 9.17) is 11.6 Å². The van der Waals surface area contributed by atoms with Gasteiger partial charge >= 0.3 is 6.18 Å². The first-order valence-corrected chi connectivity index (χ1v) is 7.26. The van der Waals surface area contributed by atoms with E-state index in [-0.39, 0.29) is 0 Å². The molecule has 0 aliphatic carbocycles. The van der Waals surface area contributed by atoms with Crippen LogP contribution in [0.5, 0.6) is 0 Å². The Morgan fingerprint density at radius 2 is 1.71 bits per heavy atom. The molecule has 1 aromatic rings. The highest BCUT2D eigenvalue weighted by atomic mass is 35.5. The minimum absolute atomic E-state index is 0.626. The van der Waals surface area contributed by atoms with Crippen LogP contribution in [0.2, 0.25) is 5.02 Å². The van der Waals surface area contributed by atoms with Gasteiger partial charge < -0.3 is 4.55 Å². The number of halogens is 6. The number of alkyl halides is 3. The quantitative estimate of drug-likeness (QED) is 0.502. The van der Waals surface area contributed by atoms with Crippen molar-refractivity contribution in [2.75, 3.05) is 0 Å². The maximum Gasteiger partial charge on any atom is 0.412 e. The summed E-state index contributed by atoms with van der Waals surface area (Å²) in [7, 11) is 0. The first-order chi connectivity index (χ1) is 9.35. The van der Waals surface area contributed by atoms with Gasteiger partial charge in [0.15, 0.2) is 6.04 Å². The summed E-state index contributed by atoms with van der Waals surface area (Å²) >= 11 is 3.21. The van der Waals surface area contributed by atoms with E-state index < -0.39 is 50.5 Å². The normalized spacial score (nSPS) is 15.9. The average Bonchev–Trinajstić information content (AvgIpc) is 2.30. The first-order valence-electron chi connectivity index (χ1n) is 5.74. The Kier molecular flexibility index (Phi) is 5.52. The third-order valence-corrected chi connectivity index (χ3v) is 4.33. The molecule has 0 aliphatic rings. The van der Waals surface area contributed by atoms with Crippen molar-refractivity contribution in [1.29, 1.82) is 0 Å². The third-order valence-electron chi connectivity index (χ3n) is 2.48. The van der Waals surface area contributed by atoms with Crippen molar-refractivity contribution in [2.24, 2.45) is 0 Å².